The molecule has 1 rings (SSSR count). The van der Waals surface area contributed by atoms with Crippen LogP contribution < -0.4 is 0 Å². The average Bonchev–Trinajstić information content (AvgIpc) is 2.31. The van der Waals surface area contributed by atoms with Crippen molar-refractivity contribution in [1.29, 1.82) is 0 Å². The predicted octanol–water partition coefficient (Wildman–Crippen LogP) is 1.40. The van der Waals surface area contributed by atoms with Crippen LogP contribution in [0, 0.1) is 0 Å². The van der Waals surface area contributed by atoms with Gasteiger partial charge in [-0.25, -0.2) is 4.39 Å². The number of nitrogens with zero attached hydrogens (tertiary/aromatic N) is 1. The van der Waals surface area contributed by atoms with Crippen LogP contribution in [0.5, 0.6) is 0 Å². The third-order valence-corrected chi connectivity index (χ3v) is 2.42. The Kier molecular flexibility index (Phi) is 2.83. The first kappa shape index (κ1) is 9.65. The van der Waals surface area contributed by atoms with Gasteiger partial charge in [0.15, 0.2) is 0 Å². The number of Topliss-reactive ketones (excluding diaryl/α,β-unsaturated/α-hetero) is 1. The summed E-state index contributed by atoms with van der Waals surface area (Å²) < 4.78 is 13.0. The maximum Gasteiger partial charge on any atom is 0.147 e. The van der Waals surface area contributed by atoms with Gasteiger partial charge < -0.3 is 0 Å². The third-order valence-electron chi connectivity index (χ3n) is 2.42. The Morgan fingerprint density at radius 1 is 1.58 bits per heavy atom. The highest BCUT2D eigenvalue weighted by Crippen LogP contribution is 2.22. The Bertz CT molecular complexity index is 181. The van der Waals surface area contributed by atoms with Crippen LogP contribution in [0.2, 0.25) is 0 Å². The van der Waals surface area contributed by atoms with Crippen molar-refractivity contribution >= 4 is 5.78 Å². The number of rotatable bonds is 2. The van der Waals surface area contributed by atoms with Gasteiger partial charge in [-0.15, -0.1) is 0 Å². The lowest BCUT2D eigenvalue weighted by Crippen LogP contribution is -2.39. The smallest absolute Gasteiger partial charge is 0.147 e. The molecule has 0 aromatic rings. The average molecular weight is 173 g/mol. The molecule has 1 saturated heterocycles. The van der Waals surface area contributed by atoms with Crippen molar-refractivity contribution in [2.75, 3.05) is 6.54 Å². The minimum absolute atomic E-state index is 0.0869. The van der Waals surface area contributed by atoms with Crippen molar-refractivity contribution < 1.29 is 9.18 Å². The van der Waals surface area contributed by atoms with Crippen LogP contribution >= 0.6 is 0 Å². The highest BCUT2D eigenvalue weighted by molar-refractivity contribution is 5.81. The maximum absolute atomic E-state index is 13.0. The van der Waals surface area contributed by atoms with Crippen LogP contribution in [0.15, 0.2) is 0 Å². The van der Waals surface area contributed by atoms with Gasteiger partial charge in [-0.2, -0.15) is 0 Å². The van der Waals surface area contributed by atoms with Gasteiger partial charge in [-0.1, -0.05) is 0 Å². The second-order valence-electron chi connectivity index (χ2n) is 3.75. The zero-order chi connectivity index (χ0) is 9.30. The summed E-state index contributed by atoms with van der Waals surface area (Å²) in [7, 11) is 0. The molecule has 0 spiro atoms. The molecule has 0 unspecified atom stereocenters. The zero-order valence-electron chi connectivity index (χ0n) is 7.88. The summed E-state index contributed by atoms with van der Waals surface area (Å²) in [6.45, 7) is 5.95. The first-order chi connectivity index (χ1) is 5.52. The number of alkyl halides is 1. The van der Waals surface area contributed by atoms with Crippen LogP contribution in [0.1, 0.15) is 27.2 Å². The van der Waals surface area contributed by atoms with E-state index < -0.39 is 6.17 Å². The molecule has 0 amide bonds. The number of carbonyl (C=O) groups excluding carboxylic acids is 1. The minimum Gasteiger partial charge on any atom is -0.298 e. The fraction of sp³-hybridized carbons (Fsp3) is 0.889. The van der Waals surface area contributed by atoms with E-state index in [-0.39, 0.29) is 17.9 Å². The molecule has 0 N–H and O–H groups in total. The van der Waals surface area contributed by atoms with Crippen LogP contribution in [0.4, 0.5) is 4.39 Å². The Hall–Kier alpha value is -0.440. The lowest BCUT2D eigenvalue weighted by Gasteiger charge is -2.25. The van der Waals surface area contributed by atoms with Gasteiger partial charge in [0.2, 0.25) is 0 Å². The van der Waals surface area contributed by atoms with Gasteiger partial charge in [-0.3, -0.25) is 9.69 Å². The summed E-state index contributed by atoms with van der Waals surface area (Å²) >= 11 is 0. The van der Waals surface area contributed by atoms with Crippen molar-refractivity contribution in [3.63, 3.8) is 0 Å². The Labute approximate surface area is 72.7 Å². The molecule has 2 atom stereocenters. The molecule has 12 heavy (non-hydrogen) atoms. The third kappa shape index (κ3) is 1.83. The summed E-state index contributed by atoms with van der Waals surface area (Å²) in [5, 5.41) is 0. The van der Waals surface area contributed by atoms with Crippen LogP contribution in [0.3, 0.4) is 0 Å². The van der Waals surface area contributed by atoms with Crippen molar-refractivity contribution in [1.82, 2.24) is 4.90 Å². The Morgan fingerprint density at radius 2 is 2.17 bits per heavy atom. The SMILES string of the molecule is CC(=O)[C@@H]1C[C@@H](F)CN1C(C)C. The van der Waals surface area contributed by atoms with Crippen LogP contribution in [-0.2, 0) is 4.79 Å². The van der Waals surface area contributed by atoms with Crippen molar-refractivity contribution in [2.45, 2.75) is 45.4 Å². The predicted molar refractivity (Wildman–Crippen MR) is 45.8 cm³/mol. The molecule has 0 aromatic carbocycles. The second-order valence-corrected chi connectivity index (χ2v) is 3.75. The van der Waals surface area contributed by atoms with Gasteiger partial charge >= 0.3 is 0 Å². The fourth-order valence-electron chi connectivity index (χ4n) is 1.78. The largest absolute Gasteiger partial charge is 0.298 e. The van der Waals surface area contributed by atoms with Gasteiger partial charge in [0, 0.05) is 19.0 Å². The summed E-state index contributed by atoms with van der Waals surface area (Å²) in [6.07, 6.45) is -0.436. The lowest BCUT2D eigenvalue weighted by molar-refractivity contribution is -0.121. The molecule has 1 aliphatic heterocycles. The van der Waals surface area contributed by atoms with E-state index in [9.17, 15) is 9.18 Å². The highest BCUT2D eigenvalue weighted by Gasteiger charge is 2.35. The molecular weight excluding hydrogens is 157 g/mol. The molecule has 70 valence electrons. The topological polar surface area (TPSA) is 20.3 Å². The first-order valence-electron chi connectivity index (χ1n) is 4.42. The van der Waals surface area contributed by atoms with Gasteiger partial charge in [-0.05, 0) is 20.8 Å². The molecule has 0 saturated carbocycles. The summed E-state index contributed by atoms with van der Waals surface area (Å²) in [5.74, 6) is 0.0869. The van der Waals surface area contributed by atoms with E-state index in [2.05, 4.69) is 0 Å². The molecule has 2 nitrogen and oxygen atoms in total. The van der Waals surface area contributed by atoms with Crippen LogP contribution in [0.25, 0.3) is 0 Å². The van der Waals surface area contributed by atoms with E-state index in [0.717, 1.165) is 0 Å². The van der Waals surface area contributed by atoms with Crippen molar-refractivity contribution in [2.24, 2.45) is 0 Å². The standard InChI is InChI=1S/C9H16FNO/c1-6(2)11-5-8(10)4-9(11)7(3)12/h6,8-9H,4-5H2,1-3H3/t8-,9+/m1/s1. The Balaban J connectivity index is 2.65. The summed E-state index contributed by atoms with van der Waals surface area (Å²) in [5.41, 5.74) is 0. The van der Waals surface area contributed by atoms with E-state index in [1.54, 1.807) is 0 Å². The number of halogens is 1. The Morgan fingerprint density at radius 3 is 2.50 bits per heavy atom. The van der Waals surface area contributed by atoms with E-state index in [1.165, 1.54) is 6.92 Å². The zero-order valence-corrected chi connectivity index (χ0v) is 7.88. The highest BCUT2D eigenvalue weighted by atomic mass is 19.1. The van der Waals surface area contributed by atoms with E-state index in [1.807, 2.05) is 18.7 Å². The summed E-state index contributed by atoms with van der Waals surface area (Å²) in [4.78, 5) is 13.0. The molecule has 1 aliphatic rings. The second kappa shape index (κ2) is 3.52. The van der Waals surface area contributed by atoms with E-state index in [0.29, 0.717) is 13.0 Å². The molecule has 0 radical (unpaired) electrons. The monoisotopic (exact) mass is 173 g/mol. The van der Waals surface area contributed by atoms with Gasteiger partial charge in [0.05, 0.1) is 6.04 Å². The number of hydrogen-bond acceptors (Lipinski definition) is 2. The number of hydrogen-bond donors (Lipinski definition) is 0. The summed E-state index contributed by atoms with van der Waals surface area (Å²) in [6, 6.07) is 0.0830. The number of likely N-dealkylation sites (tertiary alicyclic amines) is 1. The number of ketones is 1. The van der Waals surface area contributed by atoms with Crippen molar-refractivity contribution in [3.8, 4) is 0 Å². The van der Waals surface area contributed by atoms with Crippen LogP contribution in [-0.4, -0.2) is 35.5 Å². The van der Waals surface area contributed by atoms with Gasteiger partial charge in [0.25, 0.3) is 0 Å². The molecule has 1 heterocycles. The van der Waals surface area contributed by atoms with E-state index in [4.69, 9.17) is 0 Å². The lowest BCUT2D eigenvalue weighted by atomic mass is 10.1. The van der Waals surface area contributed by atoms with Crippen molar-refractivity contribution in [3.05, 3.63) is 0 Å². The molecule has 0 aliphatic carbocycles. The number of carbonyl (C=O) groups is 1. The van der Waals surface area contributed by atoms with E-state index >= 15 is 0 Å². The minimum atomic E-state index is -0.818. The van der Waals surface area contributed by atoms with Gasteiger partial charge in [0.1, 0.15) is 12.0 Å². The molecule has 3 heteroatoms. The quantitative estimate of drug-likeness (QED) is 0.629. The molecule has 1 fully saturated rings. The molecular formula is C9H16FNO. The fourth-order valence-corrected chi connectivity index (χ4v) is 1.78. The molecule has 0 aromatic heterocycles. The molecule has 0 bridgehead atoms. The maximum atomic E-state index is 13.0. The first-order valence-corrected chi connectivity index (χ1v) is 4.42. The normalized spacial score (nSPS) is 31.4.